The molecule has 1 saturated carbocycles. The lowest BCUT2D eigenvalue weighted by molar-refractivity contribution is -0.150. The summed E-state index contributed by atoms with van der Waals surface area (Å²) in [6.45, 7) is 2.56. The van der Waals surface area contributed by atoms with E-state index in [9.17, 15) is 9.90 Å². The van der Waals surface area contributed by atoms with Crippen molar-refractivity contribution >= 4 is 11.8 Å². The molecule has 0 spiro atoms. The minimum atomic E-state index is -0.724. The summed E-state index contributed by atoms with van der Waals surface area (Å²) < 4.78 is 5.03. The Morgan fingerprint density at radius 2 is 2.20 bits per heavy atom. The standard InChI is InChI=1S/C14H21N3O3/c1-10-3-5-14(6-4-10,13(18)19)8-15-11-7-12(20-2)17-9-16-11/h7,9-10H,3-6,8H2,1-2H3,(H,18,19)(H,15,16,17). The predicted octanol–water partition coefficient (Wildman–Crippen LogP) is 2.18. The Bertz CT molecular complexity index is 470. The van der Waals surface area contributed by atoms with Crippen LogP contribution in [0.5, 0.6) is 5.88 Å². The Hall–Kier alpha value is -1.85. The van der Waals surface area contributed by atoms with Gasteiger partial charge in [0.1, 0.15) is 12.1 Å². The molecule has 1 heterocycles. The number of ether oxygens (including phenoxy) is 1. The van der Waals surface area contributed by atoms with Crippen LogP contribution in [0.15, 0.2) is 12.4 Å². The van der Waals surface area contributed by atoms with Crippen molar-refractivity contribution in [2.75, 3.05) is 19.0 Å². The molecule has 2 rings (SSSR count). The van der Waals surface area contributed by atoms with Crippen molar-refractivity contribution in [2.45, 2.75) is 32.6 Å². The van der Waals surface area contributed by atoms with E-state index in [4.69, 9.17) is 4.74 Å². The topological polar surface area (TPSA) is 84.3 Å². The molecule has 0 aliphatic heterocycles. The molecule has 0 saturated heterocycles. The second kappa shape index (κ2) is 6.07. The quantitative estimate of drug-likeness (QED) is 0.859. The molecule has 6 heteroatoms. The average molecular weight is 279 g/mol. The highest BCUT2D eigenvalue weighted by atomic mass is 16.5. The number of methoxy groups -OCH3 is 1. The van der Waals surface area contributed by atoms with Crippen LogP contribution in [0.4, 0.5) is 5.82 Å². The van der Waals surface area contributed by atoms with Gasteiger partial charge in [-0.3, -0.25) is 4.79 Å². The maximum Gasteiger partial charge on any atom is 0.311 e. The summed E-state index contributed by atoms with van der Waals surface area (Å²) in [4.78, 5) is 19.6. The molecule has 2 N–H and O–H groups in total. The third-order valence-electron chi connectivity index (χ3n) is 4.14. The van der Waals surface area contributed by atoms with Gasteiger partial charge in [-0.25, -0.2) is 9.97 Å². The lowest BCUT2D eigenvalue weighted by atomic mass is 9.71. The SMILES string of the molecule is COc1cc(NCC2(C(=O)O)CCC(C)CC2)ncn1. The summed E-state index contributed by atoms with van der Waals surface area (Å²) in [7, 11) is 1.54. The van der Waals surface area contributed by atoms with Crippen LogP contribution in [0.2, 0.25) is 0 Å². The summed E-state index contributed by atoms with van der Waals surface area (Å²) in [5.74, 6) is 0.944. The molecule has 0 radical (unpaired) electrons. The molecule has 0 aromatic carbocycles. The van der Waals surface area contributed by atoms with Gasteiger partial charge in [0.15, 0.2) is 0 Å². The fourth-order valence-electron chi connectivity index (χ4n) is 2.59. The molecule has 1 aliphatic rings. The van der Waals surface area contributed by atoms with Crippen LogP contribution in [0.3, 0.4) is 0 Å². The number of aromatic nitrogens is 2. The second-order valence-corrected chi connectivity index (χ2v) is 5.57. The van der Waals surface area contributed by atoms with Gasteiger partial charge in [0.05, 0.1) is 12.5 Å². The van der Waals surface area contributed by atoms with Crippen molar-refractivity contribution in [3.8, 4) is 5.88 Å². The van der Waals surface area contributed by atoms with E-state index in [0.29, 0.717) is 37.0 Å². The molecular weight excluding hydrogens is 258 g/mol. The Balaban J connectivity index is 2.04. The summed E-state index contributed by atoms with van der Waals surface area (Å²) in [6, 6.07) is 1.67. The van der Waals surface area contributed by atoms with Crippen LogP contribution in [0, 0.1) is 11.3 Å². The first kappa shape index (κ1) is 14.6. The minimum absolute atomic E-state index is 0.384. The normalized spacial score (nSPS) is 26.0. The van der Waals surface area contributed by atoms with Gasteiger partial charge in [-0.2, -0.15) is 0 Å². The second-order valence-electron chi connectivity index (χ2n) is 5.57. The van der Waals surface area contributed by atoms with Gasteiger partial charge in [0.25, 0.3) is 0 Å². The largest absolute Gasteiger partial charge is 0.481 e. The average Bonchev–Trinajstić information content (AvgIpc) is 2.47. The van der Waals surface area contributed by atoms with Crippen LogP contribution in [-0.2, 0) is 4.79 Å². The molecule has 1 fully saturated rings. The number of aliphatic carboxylic acids is 1. The van der Waals surface area contributed by atoms with E-state index >= 15 is 0 Å². The molecule has 1 aromatic heterocycles. The van der Waals surface area contributed by atoms with Crippen molar-refractivity contribution in [3.05, 3.63) is 12.4 Å². The zero-order valence-electron chi connectivity index (χ0n) is 11.9. The Kier molecular flexibility index (Phi) is 4.42. The van der Waals surface area contributed by atoms with Crippen molar-refractivity contribution in [1.29, 1.82) is 0 Å². The van der Waals surface area contributed by atoms with Crippen molar-refractivity contribution in [3.63, 3.8) is 0 Å². The van der Waals surface area contributed by atoms with E-state index in [0.717, 1.165) is 12.8 Å². The maximum absolute atomic E-state index is 11.6. The number of rotatable bonds is 5. The van der Waals surface area contributed by atoms with Crippen molar-refractivity contribution in [1.82, 2.24) is 9.97 Å². The molecule has 1 aliphatic carbocycles. The van der Waals surface area contributed by atoms with Gasteiger partial charge in [-0.05, 0) is 31.6 Å². The Morgan fingerprint density at radius 3 is 2.80 bits per heavy atom. The number of carboxylic acids is 1. The molecular formula is C14H21N3O3. The third kappa shape index (κ3) is 3.18. The maximum atomic E-state index is 11.6. The number of hydrogen-bond donors (Lipinski definition) is 2. The number of hydrogen-bond acceptors (Lipinski definition) is 5. The lowest BCUT2D eigenvalue weighted by Crippen LogP contribution is -2.41. The van der Waals surface area contributed by atoms with E-state index in [2.05, 4.69) is 22.2 Å². The monoisotopic (exact) mass is 279 g/mol. The van der Waals surface area contributed by atoms with Crippen LogP contribution < -0.4 is 10.1 Å². The van der Waals surface area contributed by atoms with Gasteiger partial charge >= 0.3 is 5.97 Å². The van der Waals surface area contributed by atoms with Crippen LogP contribution in [0.25, 0.3) is 0 Å². The summed E-state index contributed by atoms with van der Waals surface area (Å²) in [5.41, 5.74) is -0.690. The van der Waals surface area contributed by atoms with Gasteiger partial charge in [0, 0.05) is 12.6 Å². The minimum Gasteiger partial charge on any atom is -0.481 e. The summed E-state index contributed by atoms with van der Waals surface area (Å²) >= 11 is 0. The van der Waals surface area contributed by atoms with Gasteiger partial charge in [-0.1, -0.05) is 6.92 Å². The fourth-order valence-corrected chi connectivity index (χ4v) is 2.59. The van der Waals surface area contributed by atoms with Crippen molar-refractivity contribution < 1.29 is 14.6 Å². The zero-order chi connectivity index (χ0) is 14.6. The van der Waals surface area contributed by atoms with Gasteiger partial charge in [-0.15, -0.1) is 0 Å². The molecule has 20 heavy (non-hydrogen) atoms. The van der Waals surface area contributed by atoms with E-state index < -0.39 is 11.4 Å². The van der Waals surface area contributed by atoms with Gasteiger partial charge < -0.3 is 15.2 Å². The lowest BCUT2D eigenvalue weighted by Gasteiger charge is -2.35. The van der Waals surface area contributed by atoms with E-state index in [1.165, 1.54) is 13.4 Å². The first-order valence-electron chi connectivity index (χ1n) is 6.89. The Labute approximate surface area is 118 Å². The highest BCUT2D eigenvalue weighted by Crippen LogP contribution is 2.39. The zero-order valence-corrected chi connectivity index (χ0v) is 11.9. The first-order valence-corrected chi connectivity index (χ1v) is 6.89. The van der Waals surface area contributed by atoms with Crippen LogP contribution in [-0.4, -0.2) is 34.7 Å². The number of carbonyl (C=O) groups is 1. The van der Waals surface area contributed by atoms with E-state index in [1.54, 1.807) is 6.07 Å². The molecule has 0 unspecified atom stereocenters. The van der Waals surface area contributed by atoms with Crippen LogP contribution >= 0.6 is 0 Å². The van der Waals surface area contributed by atoms with Crippen LogP contribution in [0.1, 0.15) is 32.6 Å². The summed E-state index contributed by atoms with van der Waals surface area (Å²) in [6.07, 6.45) is 4.73. The number of nitrogens with zero attached hydrogens (tertiary/aromatic N) is 2. The van der Waals surface area contributed by atoms with E-state index in [-0.39, 0.29) is 0 Å². The number of anilines is 1. The fraction of sp³-hybridized carbons (Fsp3) is 0.643. The highest BCUT2D eigenvalue weighted by Gasteiger charge is 2.41. The molecule has 0 atom stereocenters. The van der Waals surface area contributed by atoms with E-state index in [1.807, 2.05) is 0 Å². The number of carboxylic acid groups (broad SMARTS) is 1. The number of nitrogens with one attached hydrogen (secondary N) is 1. The molecule has 6 nitrogen and oxygen atoms in total. The third-order valence-corrected chi connectivity index (χ3v) is 4.14. The predicted molar refractivity (Wildman–Crippen MR) is 74.8 cm³/mol. The molecule has 1 aromatic rings. The first-order chi connectivity index (χ1) is 9.55. The van der Waals surface area contributed by atoms with Gasteiger partial charge in [0.2, 0.25) is 5.88 Å². The molecule has 0 amide bonds. The molecule has 110 valence electrons. The van der Waals surface area contributed by atoms with Crippen molar-refractivity contribution in [2.24, 2.45) is 11.3 Å². The highest BCUT2D eigenvalue weighted by molar-refractivity contribution is 5.75. The Morgan fingerprint density at radius 1 is 1.50 bits per heavy atom. The molecule has 0 bridgehead atoms. The summed E-state index contributed by atoms with van der Waals surface area (Å²) in [5, 5.41) is 12.7. The smallest absolute Gasteiger partial charge is 0.311 e.